The molecule has 2 aromatic rings. The lowest BCUT2D eigenvalue weighted by molar-refractivity contribution is 0.353. The second-order valence-corrected chi connectivity index (χ2v) is 4.85. The van der Waals surface area contributed by atoms with E-state index in [2.05, 4.69) is 5.16 Å². The second kappa shape index (κ2) is 4.02. The van der Waals surface area contributed by atoms with Gasteiger partial charge in [0.05, 0.1) is 0 Å². The Bertz CT molecular complexity index is 567. The molecule has 1 aliphatic rings. The third-order valence-corrected chi connectivity index (χ3v) is 3.26. The van der Waals surface area contributed by atoms with Gasteiger partial charge in [0.1, 0.15) is 23.7 Å². The van der Waals surface area contributed by atoms with Crippen LogP contribution in [0.5, 0.6) is 0 Å². The number of epoxide rings is 1. The Balaban J connectivity index is 1.84. The Hall–Kier alpha value is -1.03. The Morgan fingerprint density at radius 2 is 2.00 bits per heavy atom. The van der Waals surface area contributed by atoms with Crippen LogP contribution in [-0.2, 0) is 4.74 Å². The molecule has 0 saturated carbocycles. The van der Waals surface area contributed by atoms with E-state index in [1.165, 1.54) is 0 Å². The number of ether oxygens (including phenoxy) is 1. The molecule has 2 atom stereocenters. The fourth-order valence-corrected chi connectivity index (χ4v) is 2.34. The Kier molecular flexibility index (Phi) is 2.62. The van der Waals surface area contributed by atoms with Gasteiger partial charge in [-0.05, 0) is 19.1 Å². The van der Waals surface area contributed by atoms with Crippen LogP contribution in [0, 0.1) is 6.92 Å². The van der Waals surface area contributed by atoms with E-state index in [9.17, 15) is 0 Å². The molecule has 0 bridgehead atoms. The Labute approximate surface area is 108 Å². The predicted octanol–water partition coefficient (Wildman–Crippen LogP) is 4.10. The van der Waals surface area contributed by atoms with Crippen LogP contribution in [0.15, 0.2) is 28.8 Å². The van der Waals surface area contributed by atoms with Crippen molar-refractivity contribution in [3.8, 4) is 0 Å². The smallest absolute Gasteiger partial charge is 0.134 e. The highest BCUT2D eigenvalue weighted by Gasteiger charge is 2.44. The predicted molar refractivity (Wildman–Crippen MR) is 64.3 cm³/mol. The molecule has 1 aromatic heterocycles. The number of benzene rings is 1. The molecular weight excluding hydrogens is 261 g/mol. The number of aryl methyl sites for hydroxylation is 1. The first-order valence-electron chi connectivity index (χ1n) is 5.19. The molecule has 3 nitrogen and oxygen atoms in total. The number of rotatable bonds is 2. The summed E-state index contributed by atoms with van der Waals surface area (Å²) in [6, 6.07) is 7.26. The molecule has 0 spiro atoms. The number of hydrogen-bond acceptors (Lipinski definition) is 3. The van der Waals surface area contributed by atoms with Gasteiger partial charge < -0.3 is 9.26 Å². The molecule has 0 radical (unpaired) electrons. The van der Waals surface area contributed by atoms with Crippen molar-refractivity contribution in [2.24, 2.45) is 0 Å². The summed E-state index contributed by atoms with van der Waals surface area (Å²) >= 11 is 12.0. The number of nitrogens with zero attached hydrogens (tertiary/aromatic N) is 1. The van der Waals surface area contributed by atoms with E-state index in [0.717, 1.165) is 17.0 Å². The van der Waals surface area contributed by atoms with Crippen molar-refractivity contribution in [1.29, 1.82) is 0 Å². The van der Waals surface area contributed by atoms with E-state index >= 15 is 0 Å². The standard InChI is InChI=1S/C12H9Cl2NO2/c1-6-4-10(15-17-6)12-11(16-12)8-3-2-7(13)5-9(8)14/h2-5,11-12H,1H3. The number of hydrogen-bond donors (Lipinski definition) is 0. The van der Waals surface area contributed by atoms with Gasteiger partial charge in [-0.2, -0.15) is 0 Å². The minimum atomic E-state index is -0.0638. The largest absolute Gasteiger partial charge is 0.361 e. The monoisotopic (exact) mass is 269 g/mol. The first kappa shape index (κ1) is 11.1. The maximum atomic E-state index is 6.11. The molecule has 2 unspecified atom stereocenters. The Morgan fingerprint density at radius 3 is 2.65 bits per heavy atom. The zero-order chi connectivity index (χ0) is 12.0. The minimum absolute atomic E-state index is 0.0516. The molecule has 3 rings (SSSR count). The second-order valence-electron chi connectivity index (χ2n) is 4.01. The van der Waals surface area contributed by atoms with Crippen LogP contribution >= 0.6 is 23.2 Å². The van der Waals surface area contributed by atoms with Crippen molar-refractivity contribution in [3.63, 3.8) is 0 Å². The van der Waals surface area contributed by atoms with Crippen molar-refractivity contribution in [1.82, 2.24) is 5.16 Å². The van der Waals surface area contributed by atoms with Gasteiger partial charge in [-0.3, -0.25) is 0 Å². The van der Waals surface area contributed by atoms with Crippen LogP contribution in [0.4, 0.5) is 0 Å². The summed E-state index contributed by atoms with van der Waals surface area (Å²) in [5.41, 5.74) is 1.74. The van der Waals surface area contributed by atoms with Crippen molar-refractivity contribution >= 4 is 23.2 Å². The van der Waals surface area contributed by atoms with Crippen LogP contribution in [0.1, 0.15) is 29.2 Å². The normalized spacial score (nSPS) is 22.8. The van der Waals surface area contributed by atoms with Crippen LogP contribution in [0.25, 0.3) is 0 Å². The summed E-state index contributed by atoms with van der Waals surface area (Å²) in [4.78, 5) is 0. The average Bonchev–Trinajstić information content (AvgIpc) is 2.94. The molecule has 5 heteroatoms. The third kappa shape index (κ3) is 2.06. The number of halogens is 2. The lowest BCUT2D eigenvalue weighted by Gasteiger charge is -1.99. The van der Waals surface area contributed by atoms with Gasteiger partial charge in [-0.1, -0.05) is 34.4 Å². The topological polar surface area (TPSA) is 38.6 Å². The van der Waals surface area contributed by atoms with E-state index < -0.39 is 0 Å². The lowest BCUT2D eigenvalue weighted by atomic mass is 10.1. The first-order valence-corrected chi connectivity index (χ1v) is 5.94. The Morgan fingerprint density at radius 1 is 1.18 bits per heavy atom. The van der Waals surface area contributed by atoms with E-state index in [1.54, 1.807) is 12.1 Å². The zero-order valence-corrected chi connectivity index (χ0v) is 10.5. The van der Waals surface area contributed by atoms with Gasteiger partial charge in [-0.25, -0.2) is 0 Å². The quantitative estimate of drug-likeness (QED) is 0.771. The molecule has 17 heavy (non-hydrogen) atoms. The van der Waals surface area contributed by atoms with Crippen molar-refractivity contribution in [3.05, 3.63) is 51.3 Å². The molecule has 88 valence electrons. The van der Waals surface area contributed by atoms with Gasteiger partial charge >= 0.3 is 0 Å². The molecule has 1 fully saturated rings. The van der Waals surface area contributed by atoms with Gasteiger partial charge in [0.25, 0.3) is 0 Å². The zero-order valence-electron chi connectivity index (χ0n) is 8.98. The maximum absolute atomic E-state index is 6.11. The van der Waals surface area contributed by atoms with E-state index in [-0.39, 0.29) is 12.2 Å². The summed E-state index contributed by atoms with van der Waals surface area (Å²) in [6.07, 6.45) is -0.115. The average molecular weight is 270 g/mol. The molecule has 0 aliphatic carbocycles. The van der Waals surface area contributed by atoms with E-state index in [4.69, 9.17) is 32.5 Å². The highest BCUT2D eigenvalue weighted by atomic mass is 35.5. The van der Waals surface area contributed by atoms with Crippen LogP contribution in [0.2, 0.25) is 10.0 Å². The van der Waals surface area contributed by atoms with Gasteiger partial charge in [0.15, 0.2) is 0 Å². The fraction of sp³-hybridized carbons (Fsp3) is 0.250. The summed E-state index contributed by atoms with van der Waals surface area (Å²) in [6.45, 7) is 1.85. The SMILES string of the molecule is Cc1cc(C2OC2c2ccc(Cl)cc2Cl)no1. The van der Waals surface area contributed by atoms with E-state index in [1.807, 2.05) is 19.1 Å². The molecule has 1 aliphatic heterocycles. The van der Waals surface area contributed by atoms with Crippen molar-refractivity contribution in [2.45, 2.75) is 19.1 Å². The summed E-state index contributed by atoms with van der Waals surface area (Å²) in [7, 11) is 0. The van der Waals surface area contributed by atoms with Gasteiger partial charge in [0, 0.05) is 21.7 Å². The first-order chi connectivity index (χ1) is 8.15. The lowest BCUT2D eigenvalue weighted by Crippen LogP contribution is -1.86. The highest BCUT2D eigenvalue weighted by molar-refractivity contribution is 6.35. The highest BCUT2D eigenvalue weighted by Crippen LogP contribution is 2.52. The summed E-state index contributed by atoms with van der Waals surface area (Å²) < 4.78 is 10.6. The van der Waals surface area contributed by atoms with Crippen molar-refractivity contribution in [2.75, 3.05) is 0 Å². The minimum Gasteiger partial charge on any atom is -0.361 e. The molecule has 2 heterocycles. The van der Waals surface area contributed by atoms with E-state index in [0.29, 0.717) is 10.0 Å². The summed E-state index contributed by atoms with van der Waals surface area (Å²) in [5, 5.41) is 5.17. The number of aromatic nitrogens is 1. The third-order valence-electron chi connectivity index (χ3n) is 2.70. The van der Waals surface area contributed by atoms with Crippen LogP contribution < -0.4 is 0 Å². The molecule has 0 amide bonds. The maximum Gasteiger partial charge on any atom is 0.134 e. The van der Waals surface area contributed by atoms with Crippen LogP contribution in [-0.4, -0.2) is 5.16 Å². The molecule has 1 saturated heterocycles. The molecule has 1 aromatic carbocycles. The molecule has 0 N–H and O–H groups in total. The molecular formula is C12H9Cl2NO2. The summed E-state index contributed by atoms with van der Waals surface area (Å²) in [5.74, 6) is 0.774. The van der Waals surface area contributed by atoms with Gasteiger partial charge in [0.2, 0.25) is 0 Å². The van der Waals surface area contributed by atoms with Crippen molar-refractivity contribution < 1.29 is 9.26 Å². The van der Waals surface area contributed by atoms with Crippen LogP contribution in [0.3, 0.4) is 0 Å². The fourth-order valence-electron chi connectivity index (χ4n) is 1.83. The van der Waals surface area contributed by atoms with Gasteiger partial charge in [-0.15, -0.1) is 0 Å².